The van der Waals surface area contributed by atoms with Crippen LogP contribution in [0.5, 0.6) is 5.75 Å². The molecule has 0 fully saturated rings. The lowest BCUT2D eigenvalue weighted by Gasteiger charge is -2.29. The first kappa shape index (κ1) is 19.5. The highest BCUT2D eigenvalue weighted by atomic mass is 16.5. The number of furan rings is 1. The van der Waals surface area contributed by atoms with Gasteiger partial charge in [0.25, 0.3) is 11.8 Å². The number of amides is 3. The van der Waals surface area contributed by atoms with E-state index in [-0.39, 0.29) is 37.4 Å². The summed E-state index contributed by atoms with van der Waals surface area (Å²) in [6.07, 6.45) is 1.53. The molecular weight excluding hydrogens is 362 g/mol. The molecule has 2 aromatic rings. The fourth-order valence-electron chi connectivity index (χ4n) is 3.00. The van der Waals surface area contributed by atoms with Crippen molar-refractivity contribution >= 4 is 23.4 Å². The van der Waals surface area contributed by atoms with Gasteiger partial charge in [0, 0.05) is 18.7 Å². The SMILES string of the molecule is CCN(CC)C(=O)c1ccc2c(c1)N(CC(=O)NCc1ccco1)C(=O)CO2. The van der Waals surface area contributed by atoms with Crippen LogP contribution in [-0.4, -0.2) is 48.9 Å². The van der Waals surface area contributed by atoms with E-state index in [1.807, 2.05) is 13.8 Å². The van der Waals surface area contributed by atoms with E-state index >= 15 is 0 Å². The van der Waals surface area contributed by atoms with Gasteiger partial charge in [-0.25, -0.2) is 0 Å². The first-order valence-corrected chi connectivity index (χ1v) is 9.19. The summed E-state index contributed by atoms with van der Waals surface area (Å²) in [6, 6.07) is 8.42. The number of carbonyl (C=O) groups is 3. The second kappa shape index (κ2) is 8.60. The fraction of sp³-hybridized carbons (Fsp3) is 0.350. The van der Waals surface area contributed by atoms with Gasteiger partial charge < -0.3 is 19.4 Å². The zero-order valence-corrected chi connectivity index (χ0v) is 15.9. The number of fused-ring (bicyclic) bond motifs is 1. The Morgan fingerprint density at radius 3 is 2.68 bits per heavy atom. The molecule has 1 N–H and O–H groups in total. The predicted octanol–water partition coefficient (Wildman–Crippen LogP) is 1.80. The maximum Gasteiger partial charge on any atom is 0.265 e. The number of nitrogens with one attached hydrogen (secondary N) is 1. The molecule has 0 bridgehead atoms. The van der Waals surface area contributed by atoms with Crippen molar-refractivity contribution in [1.29, 1.82) is 0 Å². The molecule has 0 saturated heterocycles. The first-order valence-electron chi connectivity index (χ1n) is 9.19. The van der Waals surface area contributed by atoms with Crippen molar-refractivity contribution in [2.45, 2.75) is 20.4 Å². The highest BCUT2D eigenvalue weighted by Crippen LogP contribution is 2.33. The highest BCUT2D eigenvalue weighted by Gasteiger charge is 2.28. The average Bonchev–Trinajstić information content (AvgIpc) is 3.23. The summed E-state index contributed by atoms with van der Waals surface area (Å²) >= 11 is 0. The van der Waals surface area contributed by atoms with E-state index in [0.717, 1.165) is 0 Å². The minimum absolute atomic E-state index is 0.131. The van der Waals surface area contributed by atoms with Crippen LogP contribution in [0, 0.1) is 0 Å². The Balaban J connectivity index is 1.77. The predicted molar refractivity (Wildman–Crippen MR) is 102 cm³/mol. The summed E-state index contributed by atoms with van der Waals surface area (Å²) < 4.78 is 10.6. The van der Waals surface area contributed by atoms with Gasteiger partial charge in [-0.2, -0.15) is 0 Å². The number of hydrogen-bond acceptors (Lipinski definition) is 5. The third kappa shape index (κ3) is 4.16. The minimum Gasteiger partial charge on any atom is -0.482 e. The molecule has 0 aliphatic carbocycles. The van der Waals surface area contributed by atoms with Crippen LogP contribution in [0.25, 0.3) is 0 Å². The van der Waals surface area contributed by atoms with E-state index in [9.17, 15) is 14.4 Å². The monoisotopic (exact) mass is 385 g/mol. The third-order valence-corrected chi connectivity index (χ3v) is 4.54. The largest absolute Gasteiger partial charge is 0.482 e. The minimum atomic E-state index is -0.340. The topological polar surface area (TPSA) is 92.1 Å². The maximum absolute atomic E-state index is 12.6. The van der Waals surface area contributed by atoms with Crippen molar-refractivity contribution in [2.75, 3.05) is 31.1 Å². The maximum atomic E-state index is 12.6. The molecule has 0 radical (unpaired) electrons. The van der Waals surface area contributed by atoms with Crippen LogP contribution >= 0.6 is 0 Å². The second-order valence-electron chi connectivity index (χ2n) is 6.28. The Hall–Kier alpha value is -3.29. The molecule has 8 heteroatoms. The van der Waals surface area contributed by atoms with Gasteiger partial charge in [-0.05, 0) is 44.2 Å². The van der Waals surface area contributed by atoms with E-state index in [1.165, 1.54) is 11.2 Å². The van der Waals surface area contributed by atoms with Crippen molar-refractivity contribution in [3.63, 3.8) is 0 Å². The Morgan fingerprint density at radius 1 is 1.21 bits per heavy atom. The van der Waals surface area contributed by atoms with Crippen LogP contribution in [0.1, 0.15) is 30.0 Å². The number of hydrogen-bond donors (Lipinski definition) is 1. The van der Waals surface area contributed by atoms with Crippen molar-refractivity contribution in [3.8, 4) is 5.75 Å². The van der Waals surface area contributed by atoms with Crippen LogP contribution in [0.4, 0.5) is 5.69 Å². The highest BCUT2D eigenvalue weighted by molar-refractivity contribution is 6.04. The summed E-state index contributed by atoms with van der Waals surface area (Å²) in [7, 11) is 0. The van der Waals surface area contributed by atoms with Gasteiger partial charge in [0.15, 0.2) is 6.61 Å². The summed E-state index contributed by atoms with van der Waals surface area (Å²) in [5, 5.41) is 2.72. The molecule has 8 nitrogen and oxygen atoms in total. The molecule has 0 atom stereocenters. The van der Waals surface area contributed by atoms with E-state index in [2.05, 4.69) is 5.32 Å². The second-order valence-corrected chi connectivity index (χ2v) is 6.28. The van der Waals surface area contributed by atoms with Crippen LogP contribution < -0.4 is 15.0 Å². The Bertz CT molecular complexity index is 859. The number of carbonyl (C=O) groups excluding carboxylic acids is 3. The number of rotatable bonds is 7. The molecule has 1 aliphatic heterocycles. The molecule has 1 aromatic carbocycles. The molecule has 1 aliphatic rings. The van der Waals surface area contributed by atoms with Crippen molar-refractivity contribution < 1.29 is 23.5 Å². The van der Waals surface area contributed by atoms with Crippen LogP contribution in [0.3, 0.4) is 0 Å². The smallest absolute Gasteiger partial charge is 0.265 e. The van der Waals surface area contributed by atoms with Gasteiger partial charge in [0.2, 0.25) is 5.91 Å². The Kier molecular flexibility index (Phi) is 5.98. The molecule has 1 aromatic heterocycles. The molecule has 3 amide bonds. The summed E-state index contributed by atoms with van der Waals surface area (Å²) in [6.45, 7) is 4.89. The van der Waals surface area contributed by atoms with Gasteiger partial charge in [0.05, 0.1) is 18.5 Å². The molecule has 3 rings (SSSR count). The lowest BCUT2D eigenvalue weighted by atomic mass is 10.1. The van der Waals surface area contributed by atoms with E-state index < -0.39 is 0 Å². The van der Waals surface area contributed by atoms with Crippen LogP contribution in [0.15, 0.2) is 41.0 Å². The zero-order chi connectivity index (χ0) is 20.1. The third-order valence-electron chi connectivity index (χ3n) is 4.54. The summed E-state index contributed by atoms with van der Waals surface area (Å²) in [5.41, 5.74) is 0.865. The lowest BCUT2D eigenvalue weighted by Crippen LogP contribution is -2.45. The molecular formula is C20H23N3O5. The number of ether oxygens (including phenoxy) is 1. The van der Waals surface area contributed by atoms with Gasteiger partial charge >= 0.3 is 0 Å². The Labute approximate surface area is 163 Å². The molecule has 2 heterocycles. The first-order chi connectivity index (χ1) is 13.5. The van der Waals surface area contributed by atoms with Crippen LogP contribution in [-0.2, 0) is 16.1 Å². The average molecular weight is 385 g/mol. The molecule has 0 unspecified atom stereocenters. The molecule has 148 valence electrons. The van der Waals surface area contributed by atoms with E-state index in [0.29, 0.717) is 35.9 Å². The van der Waals surface area contributed by atoms with Gasteiger partial charge in [-0.3, -0.25) is 19.3 Å². The van der Waals surface area contributed by atoms with Gasteiger partial charge in [-0.15, -0.1) is 0 Å². The van der Waals surface area contributed by atoms with Gasteiger partial charge in [0.1, 0.15) is 18.1 Å². The quantitative estimate of drug-likeness (QED) is 0.785. The zero-order valence-electron chi connectivity index (χ0n) is 15.9. The van der Waals surface area contributed by atoms with E-state index in [4.69, 9.17) is 9.15 Å². The standard InChI is InChI=1S/C20H23N3O5/c1-3-22(4-2)20(26)14-7-8-17-16(10-14)23(19(25)13-28-17)12-18(24)21-11-15-6-5-9-27-15/h5-10H,3-4,11-13H2,1-2H3,(H,21,24). The summed E-state index contributed by atoms with van der Waals surface area (Å²) in [4.78, 5) is 40.3. The number of nitrogens with zero attached hydrogens (tertiary/aromatic N) is 2. The summed E-state index contributed by atoms with van der Waals surface area (Å²) in [5.74, 6) is 0.280. The van der Waals surface area contributed by atoms with Crippen molar-refractivity contribution in [1.82, 2.24) is 10.2 Å². The van der Waals surface area contributed by atoms with Crippen molar-refractivity contribution in [2.24, 2.45) is 0 Å². The van der Waals surface area contributed by atoms with E-state index in [1.54, 1.807) is 35.2 Å². The van der Waals surface area contributed by atoms with Crippen molar-refractivity contribution in [3.05, 3.63) is 47.9 Å². The fourth-order valence-corrected chi connectivity index (χ4v) is 3.00. The lowest BCUT2D eigenvalue weighted by molar-refractivity contribution is -0.125. The normalized spacial score (nSPS) is 12.9. The number of benzene rings is 1. The molecule has 0 saturated carbocycles. The Morgan fingerprint density at radius 2 is 2.00 bits per heavy atom. The van der Waals surface area contributed by atoms with Gasteiger partial charge in [-0.1, -0.05) is 0 Å². The number of anilines is 1. The van der Waals surface area contributed by atoms with Crippen LogP contribution in [0.2, 0.25) is 0 Å². The molecule has 0 spiro atoms. The molecule has 28 heavy (non-hydrogen) atoms.